The predicted molar refractivity (Wildman–Crippen MR) is 49.0 cm³/mol. The van der Waals surface area contributed by atoms with Gasteiger partial charge in [0.1, 0.15) is 6.07 Å². The van der Waals surface area contributed by atoms with Gasteiger partial charge >= 0.3 is 0 Å². The van der Waals surface area contributed by atoms with Crippen LogP contribution in [-0.4, -0.2) is 0 Å². The van der Waals surface area contributed by atoms with Crippen molar-refractivity contribution in [3.05, 3.63) is 40.9 Å². The summed E-state index contributed by atoms with van der Waals surface area (Å²) in [5.74, 6) is 0. The zero-order valence-electron chi connectivity index (χ0n) is 5.79. The summed E-state index contributed by atoms with van der Waals surface area (Å²) >= 11 is 3.13. The van der Waals surface area contributed by atoms with Crippen LogP contribution in [0.15, 0.2) is 35.3 Å². The molecule has 1 nitrogen and oxygen atoms in total. The Morgan fingerprint density at radius 2 is 2.00 bits per heavy atom. The summed E-state index contributed by atoms with van der Waals surface area (Å²) < 4.78 is 0. The lowest BCUT2D eigenvalue weighted by Gasteiger charge is -1.93. The molecule has 2 heteroatoms. The summed E-state index contributed by atoms with van der Waals surface area (Å²) in [4.78, 5) is 1.63. The van der Waals surface area contributed by atoms with Crippen LogP contribution in [0.1, 0.15) is 5.56 Å². The molecule has 1 aromatic carbocycles. The molecule has 0 bridgehead atoms. The Morgan fingerprint density at radius 3 is 2.45 bits per heavy atom. The molecule has 0 amide bonds. The minimum atomic E-state index is 0.644. The largest absolute Gasteiger partial charge is 0.192 e. The van der Waals surface area contributed by atoms with Gasteiger partial charge in [0.05, 0.1) is 5.57 Å². The Hall–Kier alpha value is -1.07. The summed E-state index contributed by atoms with van der Waals surface area (Å²) in [6, 6.07) is 11.6. The van der Waals surface area contributed by atoms with Gasteiger partial charge in [-0.25, -0.2) is 0 Å². The first-order valence-electron chi connectivity index (χ1n) is 3.14. The lowest BCUT2D eigenvalue weighted by Crippen LogP contribution is -1.76. The van der Waals surface area contributed by atoms with Crippen LogP contribution in [-0.2, 0) is 0 Å². The second-order valence-corrected chi connectivity index (χ2v) is 2.46. The van der Waals surface area contributed by atoms with Crippen molar-refractivity contribution in [2.75, 3.05) is 0 Å². The van der Waals surface area contributed by atoms with E-state index in [-0.39, 0.29) is 0 Å². The highest BCUT2D eigenvalue weighted by Gasteiger charge is 1.95. The fraction of sp³-hybridized carbons (Fsp3) is 0. The number of rotatable bonds is 1. The summed E-state index contributed by atoms with van der Waals surface area (Å²) in [6.07, 6.45) is 0. The first kappa shape index (κ1) is 8.03. The van der Waals surface area contributed by atoms with Crippen LogP contribution in [0.25, 0.3) is 5.57 Å². The number of nitriles is 1. The van der Waals surface area contributed by atoms with Gasteiger partial charge in [0.2, 0.25) is 0 Å². The summed E-state index contributed by atoms with van der Waals surface area (Å²) in [5.41, 5.74) is 1.58. The van der Waals surface area contributed by atoms with Crippen LogP contribution in [0.4, 0.5) is 0 Å². The van der Waals surface area contributed by atoms with Crippen molar-refractivity contribution in [3.63, 3.8) is 0 Å². The SMILES string of the molecule is N#C/C(=C/Br)c1ccccc1. The topological polar surface area (TPSA) is 23.8 Å². The molecule has 54 valence electrons. The van der Waals surface area contributed by atoms with Gasteiger partial charge in [0.25, 0.3) is 0 Å². The maximum Gasteiger partial charge on any atom is 0.100 e. The molecular formula is C9H6BrN. The third-order valence-electron chi connectivity index (χ3n) is 1.31. The van der Waals surface area contributed by atoms with E-state index in [4.69, 9.17) is 5.26 Å². The summed E-state index contributed by atoms with van der Waals surface area (Å²) in [5, 5.41) is 8.63. The quantitative estimate of drug-likeness (QED) is 0.651. The zero-order valence-corrected chi connectivity index (χ0v) is 7.38. The van der Waals surface area contributed by atoms with Crippen LogP contribution >= 0.6 is 15.9 Å². The van der Waals surface area contributed by atoms with Crippen LogP contribution in [0.2, 0.25) is 0 Å². The molecule has 0 atom stereocenters. The second-order valence-electron chi connectivity index (χ2n) is 2.00. The third-order valence-corrected chi connectivity index (χ3v) is 1.77. The molecule has 0 saturated carbocycles. The number of halogens is 1. The predicted octanol–water partition coefficient (Wildman–Crippen LogP) is 2.95. The van der Waals surface area contributed by atoms with Crippen LogP contribution in [0.3, 0.4) is 0 Å². The highest BCUT2D eigenvalue weighted by Crippen LogP contribution is 2.13. The van der Waals surface area contributed by atoms with Crippen molar-refractivity contribution < 1.29 is 0 Å². The van der Waals surface area contributed by atoms with Crippen molar-refractivity contribution in [2.24, 2.45) is 0 Å². The fourth-order valence-electron chi connectivity index (χ4n) is 0.770. The summed E-state index contributed by atoms with van der Waals surface area (Å²) in [7, 11) is 0. The smallest absolute Gasteiger partial charge is 0.100 e. The lowest BCUT2D eigenvalue weighted by atomic mass is 10.1. The van der Waals surface area contributed by atoms with Gasteiger partial charge in [-0.05, 0) is 10.5 Å². The van der Waals surface area contributed by atoms with Gasteiger partial charge in [-0.1, -0.05) is 46.3 Å². The van der Waals surface area contributed by atoms with E-state index in [0.717, 1.165) is 5.56 Å². The average Bonchev–Trinajstić information content (AvgIpc) is 2.09. The number of hydrogen-bond acceptors (Lipinski definition) is 1. The summed E-state index contributed by atoms with van der Waals surface area (Å²) in [6.45, 7) is 0. The minimum Gasteiger partial charge on any atom is -0.192 e. The second kappa shape index (κ2) is 3.95. The van der Waals surface area contributed by atoms with Gasteiger partial charge in [-0.2, -0.15) is 5.26 Å². The minimum absolute atomic E-state index is 0.644. The van der Waals surface area contributed by atoms with E-state index in [1.807, 2.05) is 30.3 Å². The Bertz CT molecular complexity index is 295. The van der Waals surface area contributed by atoms with E-state index >= 15 is 0 Å². The fourth-order valence-corrected chi connectivity index (χ4v) is 1.14. The van der Waals surface area contributed by atoms with Crippen molar-refractivity contribution >= 4 is 21.5 Å². The Morgan fingerprint density at radius 1 is 1.36 bits per heavy atom. The maximum atomic E-state index is 8.63. The number of hydrogen-bond donors (Lipinski definition) is 0. The third kappa shape index (κ3) is 1.92. The molecule has 0 saturated heterocycles. The molecular weight excluding hydrogens is 202 g/mol. The maximum absolute atomic E-state index is 8.63. The van der Waals surface area contributed by atoms with E-state index in [1.165, 1.54) is 0 Å². The van der Waals surface area contributed by atoms with Crippen molar-refractivity contribution in [3.8, 4) is 6.07 Å². The van der Waals surface area contributed by atoms with Crippen molar-refractivity contribution in [2.45, 2.75) is 0 Å². The molecule has 0 fully saturated rings. The molecule has 11 heavy (non-hydrogen) atoms. The first-order chi connectivity index (χ1) is 5.38. The standard InChI is InChI=1S/C9H6BrN/c10-6-9(7-11)8-4-2-1-3-5-8/h1-6H/b9-6-. The van der Waals surface area contributed by atoms with Gasteiger partial charge < -0.3 is 0 Å². The molecule has 0 aromatic heterocycles. The Labute approximate surface area is 74.1 Å². The van der Waals surface area contributed by atoms with E-state index in [1.54, 1.807) is 4.99 Å². The van der Waals surface area contributed by atoms with E-state index < -0.39 is 0 Å². The van der Waals surface area contributed by atoms with Gasteiger partial charge in [-0.15, -0.1) is 0 Å². The van der Waals surface area contributed by atoms with Gasteiger partial charge in [0, 0.05) is 0 Å². The van der Waals surface area contributed by atoms with E-state index in [2.05, 4.69) is 22.0 Å². The molecule has 0 aliphatic rings. The van der Waals surface area contributed by atoms with E-state index in [9.17, 15) is 0 Å². The number of allylic oxidation sites excluding steroid dienone is 1. The lowest BCUT2D eigenvalue weighted by molar-refractivity contribution is 1.52. The average molecular weight is 208 g/mol. The zero-order chi connectivity index (χ0) is 8.10. The van der Waals surface area contributed by atoms with Crippen molar-refractivity contribution in [1.82, 2.24) is 0 Å². The van der Waals surface area contributed by atoms with Crippen molar-refractivity contribution in [1.29, 1.82) is 5.26 Å². The molecule has 0 spiro atoms. The molecule has 0 aliphatic carbocycles. The van der Waals surface area contributed by atoms with Crippen LogP contribution in [0, 0.1) is 11.3 Å². The number of benzene rings is 1. The van der Waals surface area contributed by atoms with Gasteiger partial charge in [0.15, 0.2) is 0 Å². The van der Waals surface area contributed by atoms with Gasteiger partial charge in [-0.3, -0.25) is 0 Å². The molecule has 0 heterocycles. The monoisotopic (exact) mass is 207 g/mol. The van der Waals surface area contributed by atoms with Crippen LogP contribution < -0.4 is 0 Å². The molecule has 0 unspecified atom stereocenters. The van der Waals surface area contributed by atoms with Crippen LogP contribution in [0.5, 0.6) is 0 Å². The Kier molecular flexibility index (Phi) is 2.88. The highest BCUT2D eigenvalue weighted by molar-refractivity contribution is 9.11. The molecule has 0 aliphatic heterocycles. The molecule has 0 radical (unpaired) electrons. The molecule has 0 N–H and O–H groups in total. The highest BCUT2D eigenvalue weighted by atomic mass is 79.9. The first-order valence-corrected chi connectivity index (χ1v) is 4.06. The normalized spacial score (nSPS) is 10.7. The molecule has 1 rings (SSSR count). The van der Waals surface area contributed by atoms with E-state index in [0.29, 0.717) is 5.57 Å². The molecule has 1 aromatic rings. The number of nitrogens with zero attached hydrogens (tertiary/aromatic N) is 1. The Balaban J connectivity index is 3.05.